The zero-order chi connectivity index (χ0) is 24.4. The van der Waals surface area contributed by atoms with Gasteiger partial charge in [0.25, 0.3) is 0 Å². The van der Waals surface area contributed by atoms with Gasteiger partial charge < -0.3 is 37.6 Å². The summed E-state index contributed by atoms with van der Waals surface area (Å²) >= 11 is 4.02. The second-order valence-electron chi connectivity index (χ2n) is 7.02. The molecular weight excluding hydrogens is 442 g/mol. The average Bonchev–Trinajstić information content (AvgIpc) is 2.71. The number of nitrogens with two attached hydrogens (primary N) is 2. The number of nitrogens with one attached hydrogen (secondary N) is 3. The first-order valence-corrected chi connectivity index (χ1v) is 10.1. The third-order valence-corrected chi connectivity index (χ3v) is 4.68. The summed E-state index contributed by atoms with van der Waals surface area (Å²) in [5.74, 6) is -4.56. The number of phenolic OH excluding ortho intramolecular Hbond substituents is 1. The van der Waals surface area contributed by atoms with Crippen LogP contribution in [0.3, 0.4) is 0 Å². The van der Waals surface area contributed by atoms with Gasteiger partial charge in [0.1, 0.15) is 23.9 Å². The summed E-state index contributed by atoms with van der Waals surface area (Å²) < 4.78 is 0. The summed E-state index contributed by atoms with van der Waals surface area (Å²) in [4.78, 5) is 59.4. The number of carboxylic acids is 1. The predicted octanol–water partition coefficient (Wildman–Crippen LogP) is -2.37. The van der Waals surface area contributed by atoms with Crippen LogP contribution in [0.4, 0.5) is 0 Å². The van der Waals surface area contributed by atoms with Gasteiger partial charge in [-0.05, 0) is 24.6 Å². The van der Waals surface area contributed by atoms with E-state index < -0.39 is 60.2 Å². The van der Waals surface area contributed by atoms with Crippen molar-refractivity contribution in [3.05, 3.63) is 29.8 Å². The molecule has 4 amide bonds. The second kappa shape index (κ2) is 12.5. The molecule has 9 N–H and O–H groups in total. The number of thiol groups is 1. The predicted molar refractivity (Wildman–Crippen MR) is 117 cm³/mol. The van der Waals surface area contributed by atoms with Crippen LogP contribution in [-0.2, 0) is 30.4 Å². The third kappa shape index (κ3) is 8.81. The monoisotopic (exact) mass is 469 g/mol. The van der Waals surface area contributed by atoms with Gasteiger partial charge in [-0.2, -0.15) is 12.6 Å². The van der Waals surface area contributed by atoms with Crippen LogP contribution in [-0.4, -0.2) is 69.7 Å². The van der Waals surface area contributed by atoms with Gasteiger partial charge in [0.05, 0.1) is 12.5 Å². The Labute approximate surface area is 189 Å². The number of carbonyl (C=O) groups is 5. The Balaban J connectivity index is 2.96. The van der Waals surface area contributed by atoms with E-state index in [9.17, 15) is 29.1 Å². The first-order valence-electron chi connectivity index (χ1n) is 9.51. The second-order valence-corrected chi connectivity index (χ2v) is 7.39. The van der Waals surface area contributed by atoms with Crippen molar-refractivity contribution in [1.29, 1.82) is 0 Å². The summed E-state index contributed by atoms with van der Waals surface area (Å²) in [7, 11) is 0. The maximum absolute atomic E-state index is 12.7. The van der Waals surface area contributed by atoms with Crippen LogP contribution in [0.15, 0.2) is 24.3 Å². The van der Waals surface area contributed by atoms with Gasteiger partial charge in [-0.3, -0.25) is 24.0 Å². The summed E-state index contributed by atoms with van der Waals surface area (Å²) in [6, 6.07) is 0.964. The fourth-order valence-corrected chi connectivity index (χ4v) is 2.76. The molecule has 0 aliphatic rings. The van der Waals surface area contributed by atoms with Crippen molar-refractivity contribution in [2.75, 3.05) is 5.75 Å². The van der Waals surface area contributed by atoms with Crippen LogP contribution < -0.4 is 27.4 Å². The highest BCUT2D eigenvalue weighted by Crippen LogP contribution is 2.12. The van der Waals surface area contributed by atoms with Crippen LogP contribution in [0, 0.1) is 0 Å². The molecule has 0 saturated carbocycles. The first kappa shape index (κ1) is 26.7. The van der Waals surface area contributed by atoms with Crippen molar-refractivity contribution in [3.8, 4) is 5.75 Å². The lowest BCUT2D eigenvalue weighted by molar-refractivity contribution is -0.141. The van der Waals surface area contributed by atoms with E-state index in [-0.39, 0.29) is 17.9 Å². The van der Waals surface area contributed by atoms with Crippen molar-refractivity contribution >= 4 is 42.2 Å². The van der Waals surface area contributed by atoms with Gasteiger partial charge >= 0.3 is 5.97 Å². The highest BCUT2D eigenvalue weighted by atomic mass is 32.1. The molecule has 176 valence electrons. The molecular formula is C19H27N5O7S. The number of hydrogen-bond acceptors (Lipinski definition) is 8. The molecule has 1 aromatic rings. The molecule has 4 unspecified atom stereocenters. The van der Waals surface area contributed by atoms with Crippen LogP contribution in [0.5, 0.6) is 5.75 Å². The quantitative estimate of drug-likeness (QED) is 0.154. The fourth-order valence-electron chi connectivity index (χ4n) is 2.51. The van der Waals surface area contributed by atoms with E-state index in [1.165, 1.54) is 31.2 Å². The van der Waals surface area contributed by atoms with E-state index >= 15 is 0 Å². The van der Waals surface area contributed by atoms with Crippen molar-refractivity contribution in [1.82, 2.24) is 16.0 Å². The number of hydrogen-bond donors (Lipinski definition) is 8. The van der Waals surface area contributed by atoms with E-state index in [0.717, 1.165) is 0 Å². The molecule has 0 heterocycles. The molecule has 4 atom stereocenters. The highest BCUT2D eigenvalue weighted by Gasteiger charge is 2.29. The Kier molecular flexibility index (Phi) is 10.4. The number of rotatable bonds is 12. The van der Waals surface area contributed by atoms with Crippen LogP contribution in [0.25, 0.3) is 0 Å². The number of aliphatic carboxylic acids is 1. The van der Waals surface area contributed by atoms with Crippen molar-refractivity contribution in [2.24, 2.45) is 11.5 Å². The summed E-state index contributed by atoms with van der Waals surface area (Å²) in [5, 5.41) is 25.5. The van der Waals surface area contributed by atoms with E-state index in [1.807, 2.05) is 0 Å². The zero-order valence-electron chi connectivity index (χ0n) is 17.3. The van der Waals surface area contributed by atoms with Gasteiger partial charge in [-0.1, -0.05) is 12.1 Å². The van der Waals surface area contributed by atoms with Crippen LogP contribution >= 0.6 is 12.6 Å². The topological polar surface area (TPSA) is 214 Å². The van der Waals surface area contributed by atoms with Gasteiger partial charge in [-0.15, -0.1) is 0 Å². The number of phenols is 1. The molecule has 0 radical (unpaired) electrons. The van der Waals surface area contributed by atoms with Crippen LogP contribution in [0.2, 0.25) is 0 Å². The molecule has 0 aliphatic heterocycles. The Bertz CT molecular complexity index is 849. The van der Waals surface area contributed by atoms with Crippen molar-refractivity contribution in [2.45, 2.75) is 43.9 Å². The maximum atomic E-state index is 12.7. The molecule has 12 nitrogen and oxygen atoms in total. The summed E-state index contributed by atoms with van der Waals surface area (Å²) in [6.45, 7) is 1.26. The Morgan fingerprint density at radius 3 is 2.00 bits per heavy atom. The minimum absolute atomic E-state index is 0.00318. The number of carboxylic acid groups (broad SMARTS) is 1. The largest absolute Gasteiger partial charge is 0.508 e. The van der Waals surface area contributed by atoms with Gasteiger partial charge in [0.15, 0.2) is 0 Å². The Morgan fingerprint density at radius 2 is 1.50 bits per heavy atom. The van der Waals surface area contributed by atoms with E-state index in [0.29, 0.717) is 5.56 Å². The van der Waals surface area contributed by atoms with Gasteiger partial charge in [-0.25, -0.2) is 0 Å². The lowest BCUT2D eigenvalue weighted by Crippen LogP contribution is -2.58. The molecule has 0 spiro atoms. The molecule has 1 rings (SSSR count). The Morgan fingerprint density at radius 1 is 0.969 bits per heavy atom. The van der Waals surface area contributed by atoms with E-state index in [2.05, 4.69) is 28.6 Å². The minimum atomic E-state index is -1.27. The standard InChI is InChI=1S/C19H27N5O7S/c1-9(19(30)31)22-17(28)13(6-10-2-4-11(25)5-3-10)23-18(29)14(8-32)24-16(27)12(20)7-15(21)26/h2-5,9,12-14,25,32H,6-8,20H2,1H3,(H2,21,26)(H,22,28)(H,23,29)(H,24,27)(H,30,31). The molecule has 32 heavy (non-hydrogen) atoms. The smallest absolute Gasteiger partial charge is 0.325 e. The lowest BCUT2D eigenvalue weighted by atomic mass is 10.0. The summed E-state index contributed by atoms with van der Waals surface area (Å²) in [5.41, 5.74) is 11.1. The average molecular weight is 470 g/mol. The SMILES string of the molecule is CC(NC(=O)C(Cc1ccc(O)cc1)NC(=O)C(CS)NC(=O)C(N)CC(N)=O)C(=O)O. The molecule has 0 bridgehead atoms. The number of carbonyl (C=O) groups excluding carboxylic acids is 4. The molecule has 13 heteroatoms. The number of aromatic hydroxyl groups is 1. The van der Waals surface area contributed by atoms with Gasteiger partial charge in [0, 0.05) is 12.2 Å². The first-order chi connectivity index (χ1) is 14.9. The van der Waals surface area contributed by atoms with Gasteiger partial charge in [0.2, 0.25) is 23.6 Å². The van der Waals surface area contributed by atoms with Crippen molar-refractivity contribution in [3.63, 3.8) is 0 Å². The third-order valence-electron chi connectivity index (χ3n) is 4.31. The normalized spacial score (nSPS) is 14.3. The molecule has 1 aromatic carbocycles. The number of primary amides is 1. The molecule has 0 saturated heterocycles. The van der Waals surface area contributed by atoms with E-state index in [1.54, 1.807) is 0 Å². The molecule has 0 fully saturated rings. The molecule has 0 aliphatic carbocycles. The maximum Gasteiger partial charge on any atom is 0.325 e. The van der Waals surface area contributed by atoms with Crippen molar-refractivity contribution < 1.29 is 34.2 Å². The lowest BCUT2D eigenvalue weighted by Gasteiger charge is -2.24. The zero-order valence-corrected chi connectivity index (χ0v) is 18.2. The summed E-state index contributed by atoms with van der Waals surface area (Å²) in [6.07, 6.45) is -0.454. The van der Waals surface area contributed by atoms with Crippen LogP contribution in [0.1, 0.15) is 18.9 Å². The molecule has 0 aromatic heterocycles. The highest BCUT2D eigenvalue weighted by molar-refractivity contribution is 7.80. The Hall–Kier alpha value is -3.32. The van der Waals surface area contributed by atoms with E-state index in [4.69, 9.17) is 16.6 Å². The fraction of sp³-hybridized carbons (Fsp3) is 0.421. The minimum Gasteiger partial charge on any atom is -0.508 e. The number of benzene rings is 1. The number of amides is 4.